The number of nitrogens with zero attached hydrogens (tertiary/aromatic N) is 1. The molecule has 0 aliphatic carbocycles. The number of thiocarbonyl (C=S) groups is 1. The number of halogens is 1. The number of ether oxygens (including phenoxy) is 2. The number of carbonyl (C=O) groups is 1. The summed E-state index contributed by atoms with van der Waals surface area (Å²) >= 11 is 8.80. The van der Waals surface area contributed by atoms with E-state index in [9.17, 15) is 4.79 Å². The highest BCUT2D eigenvalue weighted by molar-refractivity contribution is 9.10. The summed E-state index contributed by atoms with van der Waals surface area (Å²) in [5.41, 5.74) is 1.04. The SMILES string of the molecule is COC(=O)CCCNC(=S)N(C)Cc1cc(Br)ccc1OC. The molecular formula is C15H21BrN2O3S. The third-order valence-corrected chi connectivity index (χ3v) is 4.01. The van der Waals surface area contributed by atoms with Gasteiger partial charge in [-0.2, -0.15) is 0 Å². The zero-order valence-corrected chi connectivity index (χ0v) is 15.4. The van der Waals surface area contributed by atoms with Crippen LogP contribution in [0.3, 0.4) is 0 Å². The van der Waals surface area contributed by atoms with Crippen molar-refractivity contribution in [2.24, 2.45) is 0 Å². The first kappa shape index (κ1) is 18.7. The van der Waals surface area contributed by atoms with E-state index < -0.39 is 0 Å². The summed E-state index contributed by atoms with van der Waals surface area (Å²) in [5.74, 6) is 0.614. The van der Waals surface area contributed by atoms with Crippen molar-refractivity contribution in [3.63, 3.8) is 0 Å². The Bertz CT molecular complexity index is 526. The van der Waals surface area contributed by atoms with Gasteiger partial charge < -0.3 is 19.7 Å². The lowest BCUT2D eigenvalue weighted by atomic mass is 10.2. The Hall–Kier alpha value is -1.34. The van der Waals surface area contributed by atoms with Crippen molar-refractivity contribution in [1.29, 1.82) is 0 Å². The van der Waals surface area contributed by atoms with Gasteiger partial charge in [0, 0.05) is 36.6 Å². The average molecular weight is 389 g/mol. The normalized spacial score (nSPS) is 10.0. The lowest BCUT2D eigenvalue weighted by molar-refractivity contribution is -0.140. The Morgan fingerprint density at radius 1 is 1.41 bits per heavy atom. The molecule has 0 aliphatic rings. The van der Waals surface area contributed by atoms with Crippen LogP contribution in [0.1, 0.15) is 18.4 Å². The van der Waals surface area contributed by atoms with Crippen LogP contribution in [-0.2, 0) is 16.1 Å². The van der Waals surface area contributed by atoms with Crippen LogP contribution >= 0.6 is 28.1 Å². The zero-order chi connectivity index (χ0) is 16.5. The van der Waals surface area contributed by atoms with Crippen molar-refractivity contribution in [1.82, 2.24) is 10.2 Å². The first-order valence-electron chi connectivity index (χ1n) is 6.86. The van der Waals surface area contributed by atoms with Crippen LogP contribution in [0.15, 0.2) is 22.7 Å². The molecule has 0 aliphatic heterocycles. The van der Waals surface area contributed by atoms with Crippen LogP contribution in [0.4, 0.5) is 0 Å². The number of benzene rings is 1. The van der Waals surface area contributed by atoms with Gasteiger partial charge in [0.05, 0.1) is 14.2 Å². The summed E-state index contributed by atoms with van der Waals surface area (Å²) in [6.45, 7) is 1.26. The predicted molar refractivity (Wildman–Crippen MR) is 94.0 cm³/mol. The molecule has 122 valence electrons. The Labute approximate surface area is 145 Å². The number of esters is 1. The van der Waals surface area contributed by atoms with Crippen LogP contribution in [-0.4, -0.2) is 43.8 Å². The molecule has 0 amide bonds. The van der Waals surface area contributed by atoms with Crippen LogP contribution < -0.4 is 10.1 Å². The first-order valence-corrected chi connectivity index (χ1v) is 8.06. The summed E-state index contributed by atoms with van der Waals surface area (Å²) in [5, 5.41) is 3.76. The molecular weight excluding hydrogens is 368 g/mol. The fourth-order valence-electron chi connectivity index (χ4n) is 1.86. The lowest BCUT2D eigenvalue weighted by Crippen LogP contribution is -2.37. The quantitative estimate of drug-likeness (QED) is 0.440. The second-order valence-corrected chi connectivity index (χ2v) is 6.03. The largest absolute Gasteiger partial charge is 0.496 e. The Morgan fingerprint density at radius 3 is 2.77 bits per heavy atom. The second kappa shape index (κ2) is 9.63. The van der Waals surface area contributed by atoms with E-state index >= 15 is 0 Å². The van der Waals surface area contributed by atoms with E-state index in [1.165, 1.54) is 7.11 Å². The van der Waals surface area contributed by atoms with Crippen molar-refractivity contribution < 1.29 is 14.3 Å². The van der Waals surface area contributed by atoms with Crippen molar-refractivity contribution >= 4 is 39.2 Å². The van der Waals surface area contributed by atoms with Gasteiger partial charge in [0.25, 0.3) is 0 Å². The van der Waals surface area contributed by atoms with Gasteiger partial charge in [-0.3, -0.25) is 4.79 Å². The topological polar surface area (TPSA) is 50.8 Å². The molecule has 0 unspecified atom stereocenters. The molecule has 0 saturated carbocycles. The molecule has 0 spiro atoms. The highest BCUT2D eigenvalue weighted by atomic mass is 79.9. The molecule has 1 rings (SSSR count). The maximum atomic E-state index is 11.0. The smallest absolute Gasteiger partial charge is 0.305 e. The summed E-state index contributed by atoms with van der Waals surface area (Å²) < 4.78 is 10.9. The molecule has 0 bridgehead atoms. The molecule has 0 fully saturated rings. The molecule has 22 heavy (non-hydrogen) atoms. The Morgan fingerprint density at radius 2 is 2.14 bits per heavy atom. The van der Waals surface area contributed by atoms with E-state index in [0.717, 1.165) is 15.8 Å². The minimum Gasteiger partial charge on any atom is -0.496 e. The molecule has 0 radical (unpaired) electrons. The van der Waals surface area contributed by atoms with Crippen LogP contribution in [0, 0.1) is 0 Å². The van der Waals surface area contributed by atoms with Gasteiger partial charge in [0.1, 0.15) is 5.75 Å². The van der Waals surface area contributed by atoms with Gasteiger partial charge >= 0.3 is 5.97 Å². The molecule has 0 aromatic heterocycles. The average Bonchev–Trinajstić information content (AvgIpc) is 2.51. The van der Waals surface area contributed by atoms with Gasteiger partial charge in [-0.1, -0.05) is 15.9 Å². The van der Waals surface area contributed by atoms with Gasteiger partial charge in [-0.25, -0.2) is 0 Å². The molecule has 0 atom stereocenters. The third-order valence-electron chi connectivity index (χ3n) is 3.06. The monoisotopic (exact) mass is 388 g/mol. The van der Waals surface area contributed by atoms with Crippen LogP contribution in [0.25, 0.3) is 0 Å². The first-order chi connectivity index (χ1) is 10.5. The number of hydrogen-bond donors (Lipinski definition) is 1. The third kappa shape index (κ3) is 6.19. The van der Waals surface area contributed by atoms with E-state index in [0.29, 0.717) is 31.0 Å². The van der Waals surface area contributed by atoms with E-state index in [1.54, 1.807) is 7.11 Å². The minimum absolute atomic E-state index is 0.208. The van der Waals surface area contributed by atoms with Gasteiger partial charge in [-0.05, 0) is 36.8 Å². The van der Waals surface area contributed by atoms with Crippen molar-refractivity contribution in [3.05, 3.63) is 28.2 Å². The summed E-state index contributed by atoms with van der Waals surface area (Å²) in [4.78, 5) is 13.0. The summed E-state index contributed by atoms with van der Waals surface area (Å²) in [6, 6.07) is 5.86. The van der Waals surface area contributed by atoms with Crippen molar-refractivity contribution in [2.75, 3.05) is 27.8 Å². The highest BCUT2D eigenvalue weighted by Crippen LogP contribution is 2.24. The zero-order valence-electron chi connectivity index (χ0n) is 13.0. The molecule has 0 saturated heterocycles. The molecule has 7 heteroatoms. The van der Waals surface area contributed by atoms with Gasteiger partial charge in [-0.15, -0.1) is 0 Å². The Balaban J connectivity index is 2.47. The molecule has 0 heterocycles. The molecule has 1 aromatic carbocycles. The number of methoxy groups -OCH3 is 2. The Kier molecular flexibility index (Phi) is 8.19. The number of hydrogen-bond acceptors (Lipinski definition) is 4. The predicted octanol–water partition coefficient (Wildman–Crippen LogP) is 2.72. The molecule has 1 N–H and O–H groups in total. The van der Waals surface area contributed by atoms with Gasteiger partial charge in [0.2, 0.25) is 0 Å². The number of rotatable bonds is 7. The van der Waals surface area contributed by atoms with Crippen molar-refractivity contribution in [3.8, 4) is 5.75 Å². The highest BCUT2D eigenvalue weighted by Gasteiger charge is 2.10. The van der Waals surface area contributed by atoms with Crippen LogP contribution in [0.5, 0.6) is 5.75 Å². The number of carbonyl (C=O) groups excluding carboxylic acids is 1. The minimum atomic E-state index is -0.208. The maximum absolute atomic E-state index is 11.0. The van der Waals surface area contributed by atoms with E-state index in [-0.39, 0.29) is 5.97 Å². The maximum Gasteiger partial charge on any atom is 0.305 e. The molecule has 5 nitrogen and oxygen atoms in total. The van der Waals surface area contributed by atoms with E-state index in [2.05, 4.69) is 26.0 Å². The lowest BCUT2D eigenvalue weighted by Gasteiger charge is -2.22. The fourth-order valence-corrected chi connectivity index (χ4v) is 2.44. The standard InChI is InChI=1S/C15H21BrN2O3S/c1-18(15(22)17-8-4-5-14(19)21-3)10-11-9-12(16)6-7-13(11)20-2/h6-7,9H,4-5,8,10H2,1-3H3,(H,17,22). The fraction of sp³-hybridized carbons (Fsp3) is 0.467. The van der Waals surface area contributed by atoms with E-state index in [4.69, 9.17) is 17.0 Å². The van der Waals surface area contributed by atoms with E-state index in [1.807, 2.05) is 30.1 Å². The van der Waals surface area contributed by atoms with Gasteiger partial charge in [0.15, 0.2) is 5.11 Å². The van der Waals surface area contributed by atoms with Crippen molar-refractivity contribution in [2.45, 2.75) is 19.4 Å². The summed E-state index contributed by atoms with van der Waals surface area (Å²) in [7, 11) is 4.95. The van der Waals surface area contributed by atoms with Crippen LogP contribution in [0.2, 0.25) is 0 Å². The second-order valence-electron chi connectivity index (χ2n) is 4.72. The number of nitrogens with one attached hydrogen (secondary N) is 1. The summed E-state index contributed by atoms with van der Waals surface area (Å²) in [6.07, 6.45) is 1.07. The molecule has 1 aromatic rings.